The van der Waals surface area contributed by atoms with Gasteiger partial charge in [-0.15, -0.1) is 0 Å². The second-order valence-electron chi connectivity index (χ2n) is 6.29. The van der Waals surface area contributed by atoms with Crippen LogP contribution in [-0.4, -0.2) is 43.4 Å². The van der Waals surface area contributed by atoms with Crippen LogP contribution < -0.4 is 5.32 Å². The minimum Gasteiger partial charge on any atom is -0.467 e. The molecule has 3 rings (SSSR count). The summed E-state index contributed by atoms with van der Waals surface area (Å²) < 4.78 is 31.9. The number of hydrogen-bond donors (Lipinski definition) is 2. The molecule has 1 saturated heterocycles. The summed E-state index contributed by atoms with van der Waals surface area (Å²) in [6.07, 6.45) is 1.75. The summed E-state index contributed by atoms with van der Waals surface area (Å²) in [6, 6.07) is 11.5. The number of nitrogens with zero attached hydrogens (tertiary/aromatic N) is 1. The molecule has 0 bridgehead atoms. The highest BCUT2D eigenvalue weighted by molar-refractivity contribution is 7.89. The predicted molar refractivity (Wildman–Crippen MR) is 94.6 cm³/mol. The van der Waals surface area contributed by atoms with Crippen LogP contribution in [0.25, 0.3) is 0 Å². The largest absolute Gasteiger partial charge is 0.467 e. The molecule has 1 fully saturated rings. The lowest BCUT2D eigenvalue weighted by molar-refractivity contribution is -0.126. The molecule has 0 aliphatic carbocycles. The van der Waals surface area contributed by atoms with Crippen LogP contribution in [0.3, 0.4) is 0 Å². The van der Waals surface area contributed by atoms with Crippen LogP contribution in [0.2, 0.25) is 0 Å². The van der Waals surface area contributed by atoms with E-state index in [1.165, 1.54) is 10.6 Å². The van der Waals surface area contributed by atoms with Crippen LogP contribution in [-0.2, 0) is 14.8 Å². The van der Waals surface area contributed by atoms with Gasteiger partial charge in [0.25, 0.3) is 0 Å². The third-order valence-corrected chi connectivity index (χ3v) is 6.36. The highest BCUT2D eigenvalue weighted by Crippen LogP contribution is 2.24. The first kappa shape index (κ1) is 18.6. The molecule has 2 aromatic rings. The number of rotatable bonds is 6. The zero-order chi connectivity index (χ0) is 18.6. The molecular weight excluding hydrogens is 356 g/mol. The molecule has 1 aliphatic heterocycles. The van der Waals surface area contributed by atoms with Gasteiger partial charge in [0.05, 0.1) is 23.6 Å². The second kappa shape index (κ2) is 8.03. The smallest absolute Gasteiger partial charge is 0.243 e. The van der Waals surface area contributed by atoms with Crippen molar-refractivity contribution < 1.29 is 22.7 Å². The molecular formula is C18H22N2O5S. The SMILES string of the molecule is O=C(NCC(O)c1ccco1)C1CCCN(S(=O)(=O)c2ccccc2)C1. The number of benzene rings is 1. The fourth-order valence-electron chi connectivity index (χ4n) is 3.04. The van der Waals surface area contributed by atoms with E-state index in [-0.39, 0.29) is 23.9 Å². The van der Waals surface area contributed by atoms with Crippen molar-refractivity contribution in [2.24, 2.45) is 5.92 Å². The summed E-state index contributed by atoms with van der Waals surface area (Å²) >= 11 is 0. The van der Waals surface area contributed by atoms with Gasteiger partial charge < -0.3 is 14.8 Å². The lowest BCUT2D eigenvalue weighted by Crippen LogP contribution is -2.46. The number of amides is 1. The number of sulfonamides is 1. The number of aliphatic hydroxyl groups excluding tert-OH is 1. The Morgan fingerprint density at radius 1 is 1.27 bits per heavy atom. The molecule has 1 aromatic heterocycles. The van der Waals surface area contributed by atoms with E-state index in [4.69, 9.17) is 4.42 Å². The van der Waals surface area contributed by atoms with Gasteiger partial charge in [0, 0.05) is 13.1 Å². The van der Waals surface area contributed by atoms with E-state index in [0.29, 0.717) is 25.1 Å². The number of carbonyl (C=O) groups is 1. The number of carbonyl (C=O) groups excluding carboxylic acids is 1. The molecule has 2 heterocycles. The van der Waals surface area contributed by atoms with E-state index in [1.54, 1.807) is 42.5 Å². The van der Waals surface area contributed by atoms with Crippen molar-refractivity contribution in [3.63, 3.8) is 0 Å². The summed E-state index contributed by atoms with van der Waals surface area (Å²) in [7, 11) is -3.61. The topological polar surface area (TPSA) is 99.8 Å². The van der Waals surface area contributed by atoms with Crippen molar-refractivity contribution in [1.82, 2.24) is 9.62 Å². The monoisotopic (exact) mass is 378 g/mol. The molecule has 26 heavy (non-hydrogen) atoms. The summed E-state index contributed by atoms with van der Waals surface area (Å²) in [5.41, 5.74) is 0. The normalized spacial score (nSPS) is 19.8. The molecule has 1 aliphatic rings. The van der Waals surface area contributed by atoms with Crippen molar-refractivity contribution >= 4 is 15.9 Å². The van der Waals surface area contributed by atoms with Crippen LogP contribution in [0.1, 0.15) is 24.7 Å². The maximum atomic E-state index is 12.7. The van der Waals surface area contributed by atoms with Gasteiger partial charge in [0.2, 0.25) is 15.9 Å². The molecule has 0 spiro atoms. The first-order valence-corrected chi connectivity index (χ1v) is 9.97. The molecule has 1 amide bonds. The lowest BCUT2D eigenvalue weighted by Gasteiger charge is -2.31. The molecule has 2 atom stereocenters. The molecule has 0 saturated carbocycles. The van der Waals surface area contributed by atoms with Gasteiger partial charge in [-0.05, 0) is 37.1 Å². The Morgan fingerprint density at radius 3 is 2.73 bits per heavy atom. The quantitative estimate of drug-likeness (QED) is 0.794. The van der Waals surface area contributed by atoms with Gasteiger partial charge in [-0.2, -0.15) is 4.31 Å². The van der Waals surface area contributed by atoms with Crippen LogP contribution in [0.5, 0.6) is 0 Å². The molecule has 2 N–H and O–H groups in total. The van der Waals surface area contributed by atoms with E-state index >= 15 is 0 Å². The number of furan rings is 1. The lowest BCUT2D eigenvalue weighted by atomic mass is 9.99. The maximum absolute atomic E-state index is 12.7. The van der Waals surface area contributed by atoms with E-state index < -0.39 is 22.0 Å². The van der Waals surface area contributed by atoms with E-state index in [2.05, 4.69) is 5.32 Å². The average Bonchev–Trinajstić information content (AvgIpc) is 3.21. The average molecular weight is 378 g/mol. The summed E-state index contributed by atoms with van der Waals surface area (Å²) in [5, 5.41) is 12.7. The summed E-state index contributed by atoms with van der Waals surface area (Å²) in [5.74, 6) is -0.322. The third-order valence-electron chi connectivity index (χ3n) is 4.48. The number of nitrogens with one attached hydrogen (secondary N) is 1. The summed E-state index contributed by atoms with van der Waals surface area (Å²) in [6.45, 7) is 0.560. The van der Waals surface area contributed by atoms with E-state index in [9.17, 15) is 18.3 Å². The Morgan fingerprint density at radius 2 is 2.04 bits per heavy atom. The summed E-state index contributed by atoms with van der Waals surface area (Å²) in [4.78, 5) is 12.6. The molecule has 1 aromatic carbocycles. The van der Waals surface area contributed by atoms with Crippen LogP contribution in [0.15, 0.2) is 58.0 Å². The first-order valence-electron chi connectivity index (χ1n) is 8.53. The van der Waals surface area contributed by atoms with Crippen molar-refractivity contribution in [2.45, 2.75) is 23.8 Å². The molecule has 7 nitrogen and oxygen atoms in total. The molecule has 0 radical (unpaired) electrons. The second-order valence-corrected chi connectivity index (χ2v) is 8.23. The molecule has 2 unspecified atom stereocenters. The number of hydrogen-bond acceptors (Lipinski definition) is 5. The minimum absolute atomic E-state index is 0.0221. The highest BCUT2D eigenvalue weighted by Gasteiger charge is 2.33. The third kappa shape index (κ3) is 4.14. The zero-order valence-electron chi connectivity index (χ0n) is 14.2. The van der Waals surface area contributed by atoms with Crippen LogP contribution >= 0.6 is 0 Å². The Hall–Kier alpha value is -2.16. The van der Waals surface area contributed by atoms with Crippen LogP contribution in [0, 0.1) is 5.92 Å². The predicted octanol–water partition coefficient (Wildman–Crippen LogP) is 1.53. The van der Waals surface area contributed by atoms with Gasteiger partial charge in [-0.25, -0.2) is 8.42 Å². The van der Waals surface area contributed by atoms with Gasteiger partial charge in [-0.3, -0.25) is 4.79 Å². The van der Waals surface area contributed by atoms with Gasteiger partial charge in [0.15, 0.2) is 0 Å². The standard InChI is InChI=1S/C18H22N2O5S/c21-16(17-9-5-11-25-17)12-19-18(22)14-6-4-10-20(13-14)26(23,24)15-7-2-1-3-8-15/h1-3,5,7-9,11,14,16,21H,4,6,10,12-13H2,(H,19,22). The van der Waals surface area contributed by atoms with E-state index in [1.807, 2.05) is 0 Å². The fourth-order valence-corrected chi connectivity index (χ4v) is 4.58. The first-order chi connectivity index (χ1) is 12.5. The Bertz CT molecular complexity index is 821. The Balaban J connectivity index is 1.60. The van der Waals surface area contributed by atoms with Crippen LogP contribution in [0.4, 0.5) is 0 Å². The Kier molecular flexibility index (Phi) is 5.75. The van der Waals surface area contributed by atoms with Crippen molar-refractivity contribution in [1.29, 1.82) is 0 Å². The zero-order valence-corrected chi connectivity index (χ0v) is 15.1. The Labute approximate surface area is 152 Å². The highest BCUT2D eigenvalue weighted by atomic mass is 32.2. The molecule has 8 heteroatoms. The van der Waals surface area contributed by atoms with Gasteiger partial charge in [0.1, 0.15) is 11.9 Å². The number of piperidine rings is 1. The van der Waals surface area contributed by atoms with Gasteiger partial charge in [-0.1, -0.05) is 18.2 Å². The molecule has 140 valence electrons. The minimum atomic E-state index is -3.61. The fraction of sp³-hybridized carbons (Fsp3) is 0.389. The van der Waals surface area contributed by atoms with Gasteiger partial charge >= 0.3 is 0 Å². The van der Waals surface area contributed by atoms with Crippen molar-refractivity contribution in [3.8, 4) is 0 Å². The van der Waals surface area contributed by atoms with E-state index in [0.717, 1.165) is 0 Å². The van der Waals surface area contributed by atoms with Crippen molar-refractivity contribution in [2.75, 3.05) is 19.6 Å². The van der Waals surface area contributed by atoms with Crippen molar-refractivity contribution in [3.05, 3.63) is 54.5 Å². The number of aliphatic hydroxyl groups is 1. The maximum Gasteiger partial charge on any atom is 0.243 e.